The SMILES string of the molecule is COC(=O)c1cc2cc(OCc3ccccc3)cnc2n1CCNC(=O)OC(C)(C)C. The molecule has 2 aromatic heterocycles. The van der Waals surface area contributed by atoms with Gasteiger partial charge in [0.25, 0.3) is 0 Å². The zero-order valence-electron chi connectivity index (χ0n) is 18.2. The minimum Gasteiger partial charge on any atom is -0.487 e. The molecule has 8 heteroatoms. The lowest BCUT2D eigenvalue weighted by Gasteiger charge is -2.19. The second-order valence-electron chi connectivity index (χ2n) is 7.96. The van der Waals surface area contributed by atoms with E-state index in [-0.39, 0.29) is 6.54 Å². The van der Waals surface area contributed by atoms with Gasteiger partial charge in [-0.1, -0.05) is 30.3 Å². The molecule has 1 amide bonds. The molecule has 0 unspecified atom stereocenters. The molecule has 0 saturated heterocycles. The van der Waals surface area contributed by atoms with E-state index >= 15 is 0 Å². The Balaban J connectivity index is 1.75. The fourth-order valence-electron chi connectivity index (χ4n) is 3.03. The number of benzene rings is 1. The van der Waals surface area contributed by atoms with Crippen molar-refractivity contribution in [3.63, 3.8) is 0 Å². The van der Waals surface area contributed by atoms with Crippen LogP contribution in [0.15, 0.2) is 48.7 Å². The fraction of sp³-hybridized carbons (Fsp3) is 0.348. The van der Waals surface area contributed by atoms with Crippen molar-refractivity contribution in [3.8, 4) is 5.75 Å². The summed E-state index contributed by atoms with van der Waals surface area (Å²) in [6.07, 6.45) is 1.09. The molecule has 0 spiro atoms. The maximum Gasteiger partial charge on any atom is 0.407 e. The highest BCUT2D eigenvalue weighted by Gasteiger charge is 2.19. The van der Waals surface area contributed by atoms with Gasteiger partial charge in [0.05, 0.1) is 13.3 Å². The predicted octanol–water partition coefficient (Wildman–Crippen LogP) is 3.93. The molecule has 0 fully saturated rings. The average molecular weight is 425 g/mol. The van der Waals surface area contributed by atoms with Crippen LogP contribution < -0.4 is 10.1 Å². The van der Waals surface area contributed by atoms with Gasteiger partial charge in [0, 0.05) is 18.5 Å². The number of esters is 1. The number of nitrogens with zero attached hydrogens (tertiary/aromatic N) is 2. The van der Waals surface area contributed by atoms with Crippen LogP contribution in [0.1, 0.15) is 36.8 Å². The summed E-state index contributed by atoms with van der Waals surface area (Å²) in [6, 6.07) is 13.4. The van der Waals surface area contributed by atoms with E-state index in [1.165, 1.54) is 7.11 Å². The van der Waals surface area contributed by atoms with E-state index in [0.717, 1.165) is 10.9 Å². The van der Waals surface area contributed by atoms with Gasteiger partial charge in [-0.15, -0.1) is 0 Å². The lowest BCUT2D eigenvalue weighted by atomic mass is 10.2. The number of hydrogen-bond acceptors (Lipinski definition) is 6. The molecule has 0 aliphatic rings. The molecular weight excluding hydrogens is 398 g/mol. The zero-order chi connectivity index (χ0) is 22.4. The summed E-state index contributed by atoms with van der Waals surface area (Å²) in [5.74, 6) is 0.110. The maximum absolute atomic E-state index is 12.3. The van der Waals surface area contributed by atoms with Crippen molar-refractivity contribution in [2.45, 2.75) is 39.5 Å². The number of hydrogen-bond donors (Lipinski definition) is 1. The van der Waals surface area contributed by atoms with Crippen molar-refractivity contribution in [1.29, 1.82) is 0 Å². The largest absolute Gasteiger partial charge is 0.487 e. The number of carbonyl (C=O) groups excluding carboxylic acids is 2. The number of alkyl carbamates (subject to hydrolysis) is 1. The van der Waals surface area contributed by atoms with E-state index in [0.29, 0.717) is 30.2 Å². The third-order valence-electron chi connectivity index (χ3n) is 4.36. The number of amides is 1. The number of methoxy groups -OCH3 is 1. The summed E-state index contributed by atoms with van der Waals surface area (Å²) in [6.45, 7) is 6.38. The normalized spacial score (nSPS) is 11.2. The first-order valence-electron chi connectivity index (χ1n) is 9.98. The molecule has 8 nitrogen and oxygen atoms in total. The monoisotopic (exact) mass is 425 g/mol. The van der Waals surface area contributed by atoms with Crippen LogP contribution in [0.5, 0.6) is 5.75 Å². The summed E-state index contributed by atoms with van der Waals surface area (Å²) >= 11 is 0. The third kappa shape index (κ3) is 5.97. The Labute approximate surface area is 181 Å². The number of carbonyl (C=O) groups is 2. The molecule has 0 radical (unpaired) electrons. The molecule has 2 heterocycles. The second-order valence-corrected chi connectivity index (χ2v) is 7.96. The van der Waals surface area contributed by atoms with Gasteiger partial charge in [0.1, 0.15) is 29.3 Å². The van der Waals surface area contributed by atoms with E-state index in [9.17, 15) is 9.59 Å². The highest BCUT2D eigenvalue weighted by molar-refractivity contribution is 5.94. The first-order valence-corrected chi connectivity index (χ1v) is 9.98. The Morgan fingerprint density at radius 1 is 1.13 bits per heavy atom. The van der Waals surface area contributed by atoms with Gasteiger partial charge in [-0.2, -0.15) is 0 Å². The highest BCUT2D eigenvalue weighted by Crippen LogP contribution is 2.23. The molecule has 0 aliphatic heterocycles. The van der Waals surface area contributed by atoms with Crippen LogP contribution in [0, 0.1) is 0 Å². The van der Waals surface area contributed by atoms with Gasteiger partial charge in [0.15, 0.2) is 0 Å². The topological polar surface area (TPSA) is 91.7 Å². The van der Waals surface area contributed by atoms with Crippen LogP contribution in [0.3, 0.4) is 0 Å². The lowest BCUT2D eigenvalue weighted by Crippen LogP contribution is -2.34. The van der Waals surface area contributed by atoms with Crippen LogP contribution >= 0.6 is 0 Å². The Bertz CT molecular complexity index is 1050. The van der Waals surface area contributed by atoms with E-state index in [1.807, 2.05) is 36.4 Å². The molecule has 0 atom stereocenters. The first-order chi connectivity index (χ1) is 14.8. The van der Waals surface area contributed by atoms with Gasteiger partial charge in [-0.25, -0.2) is 14.6 Å². The zero-order valence-corrected chi connectivity index (χ0v) is 18.2. The van der Waals surface area contributed by atoms with Gasteiger partial charge >= 0.3 is 12.1 Å². The van der Waals surface area contributed by atoms with E-state index in [1.54, 1.807) is 37.6 Å². The highest BCUT2D eigenvalue weighted by atomic mass is 16.6. The standard InChI is InChI=1S/C23H27N3O5/c1-23(2,3)31-22(28)24-10-11-26-19(21(27)29-4)13-17-12-18(14-25-20(17)26)30-15-16-8-6-5-7-9-16/h5-9,12-14H,10-11,15H2,1-4H3,(H,24,28). The number of rotatable bonds is 7. The lowest BCUT2D eigenvalue weighted by molar-refractivity contribution is 0.0526. The van der Waals surface area contributed by atoms with Crippen LogP contribution in [0.4, 0.5) is 4.79 Å². The van der Waals surface area contributed by atoms with Gasteiger partial charge in [-0.3, -0.25) is 0 Å². The van der Waals surface area contributed by atoms with E-state index < -0.39 is 17.7 Å². The minimum absolute atomic E-state index is 0.261. The molecule has 3 aromatic rings. The maximum atomic E-state index is 12.3. The Hall–Kier alpha value is -3.55. The summed E-state index contributed by atoms with van der Waals surface area (Å²) < 4.78 is 17.7. The summed E-state index contributed by atoms with van der Waals surface area (Å²) in [5.41, 5.74) is 1.40. The second kappa shape index (κ2) is 9.51. The Kier molecular flexibility index (Phi) is 6.79. The first kappa shape index (κ1) is 22.1. The molecule has 164 valence electrons. The molecule has 0 saturated carbocycles. The molecule has 3 rings (SSSR count). The Morgan fingerprint density at radius 3 is 2.55 bits per heavy atom. The fourth-order valence-corrected chi connectivity index (χ4v) is 3.03. The third-order valence-corrected chi connectivity index (χ3v) is 4.36. The van der Waals surface area contributed by atoms with Crippen molar-refractivity contribution in [2.24, 2.45) is 0 Å². The molecule has 1 N–H and O–H groups in total. The van der Waals surface area contributed by atoms with Crippen molar-refractivity contribution in [1.82, 2.24) is 14.9 Å². The van der Waals surface area contributed by atoms with Crippen LogP contribution in [-0.4, -0.2) is 40.9 Å². The van der Waals surface area contributed by atoms with Crippen molar-refractivity contribution in [2.75, 3.05) is 13.7 Å². The van der Waals surface area contributed by atoms with Gasteiger partial charge in [-0.05, 0) is 38.5 Å². The number of fused-ring (bicyclic) bond motifs is 1. The number of ether oxygens (including phenoxy) is 3. The summed E-state index contributed by atoms with van der Waals surface area (Å²) in [4.78, 5) is 28.6. The molecule has 1 aromatic carbocycles. The van der Waals surface area contributed by atoms with Crippen molar-refractivity contribution < 1.29 is 23.8 Å². The van der Waals surface area contributed by atoms with E-state index in [2.05, 4.69) is 10.3 Å². The summed E-state index contributed by atoms with van der Waals surface area (Å²) in [5, 5.41) is 3.43. The Morgan fingerprint density at radius 2 is 1.87 bits per heavy atom. The van der Waals surface area contributed by atoms with Gasteiger partial charge in [0.2, 0.25) is 0 Å². The van der Waals surface area contributed by atoms with Gasteiger partial charge < -0.3 is 24.1 Å². The van der Waals surface area contributed by atoms with Crippen molar-refractivity contribution >= 4 is 23.1 Å². The molecular formula is C23H27N3O5. The molecule has 0 aliphatic carbocycles. The van der Waals surface area contributed by atoms with Crippen LogP contribution in [-0.2, 0) is 22.6 Å². The number of aromatic nitrogens is 2. The smallest absolute Gasteiger partial charge is 0.407 e. The molecule has 0 bridgehead atoms. The van der Waals surface area contributed by atoms with Crippen LogP contribution in [0.25, 0.3) is 11.0 Å². The van der Waals surface area contributed by atoms with Crippen molar-refractivity contribution in [3.05, 3.63) is 59.9 Å². The number of pyridine rings is 1. The van der Waals surface area contributed by atoms with Crippen LogP contribution in [0.2, 0.25) is 0 Å². The average Bonchev–Trinajstić information content (AvgIpc) is 3.09. The minimum atomic E-state index is -0.584. The van der Waals surface area contributed by atoms with E-state index in [4.69, 9.17) is 14.2 Å². The predicted molar refractivity (Wildman–Crippen MR) is 116 cm³/mol. The quantitative estimate of drug-likeness (QED) is 0.577. The summed E-state index contributed by atoms with van der Waals surface area (Å²) in [7, 11) is 1.32. The molecule has 31 heavy (non-hydrogen) atoms. The number of nitrogens with one attached hydrogen (secondary N) is 1.